The first kappa shape index (κ1) is 40.1. The molecule has 0 radical (unpaired) electrons. The van der Waals surface area contributed by atoms with Gasteiger partial charge in [-0.2, -0.15) is 26.3 Å². The normalized spacial score (nSPS) is 16.6. The molecule has 1 saturated heterocycles. The fraction of sp³-hybridized carbons (Fsp3) is 0.690. The zero-order valence-corrected chi connectivity index (χ0v) is 27.2. The average Bonchev–Trinajstić information content (AvgIpc) is 2.97. The third-order valence-electron chi connectivity index (χ3n) is 6.44. The predicted octanol–water partition coefficient (Wildman–Crippen LogP) is 7.20. The first-order valence-corrected chi connectivity index (χ1v) is 15.7. The number of halogens is 7. The van der Waals surface area contributed by atoms with Gasteiger partial charge < -0.3 is 29.2 Å². The lowest BCUT2D eigenvalue weighted by molar-refractivity contribution is -0.154. The number of rotatable bonds is 14. The first-order chi connectivity index (χ1) is 21.1. The summed E-state index contributed by atoms with van der Waals surface area (Å²) in [5, 5.41) is 3.50. The Morgan fingerprint density at radius 3 is 2.18 bits per heavy atom. The van der Waals surface area contributed by atoms with E-state index in [1.54, 1.807) is 11.8 Å². The van der Waals surface area contributed by atoms with Crippen molar-refractivity contribution in [2.75, 3.05) is 44.8 Å². The fourth-order valence-electron chi connectivity index (χ4n) is 4.59. The SMILES string of the molecule is CCCC1(CNC(=O)c2cc(OCC(F)(F)F)ccc2OCC(F)(F)F)CCCCN1C(=O)OCC.CCOC(=O)CCCBr. The van der Waals surface area contributed by atoms with Gasteiger partial charge in [-0.05, 0) is 64.2 Å². The van der Waals surface area contributed by atoms with E-state index in [0.717, 1.165) is 42.8 Å². The van der Waals surface area contributed by atoms with Gasteiger partial charge in [0.25, 0.3) is 5.91 Å². The molecule has 0 aromatic heterocycles. The van der Waals surface area contributed by atoms with Gasteiger partial charge in [-0.15, -0.1) is 0 Å². The molecule has 1 aromatic rings. The Balaban J connectivity index is 0.000000975. The number of esters is 1. The van der Waals surface area contributed by atoms with Crippen LogP contribution in [0.4, 0.5) is 31.1 Å². The Morgan fingerprint density at radius 1 is 0.956 bits per heavy atom. The smallest absolute Gasteiger partial charge is 0.422 e. The summed E-state index contributed by atoms with van der Waals surface area (Å²) in [5.74, 6) is -1.82. The van der Waals surface area contributed by atoms with Crippen LogP contribution in [-0.4, -0.2) is 85.6 Å². The average molecular weight is 724 g/mol. The van der Waals surface area contributed by atoms with Crippen LogP contribution in [0.3, 0.4) is 0 Å². The van der Waals surface area contributed by atoms with Crippen LogP contribution in [-0.2, 0) is 14.3 Å². The van der Waals surface area contributed by atoms with E-state index in [0.29, 0.717) is 38.8 Å². The molecular weight excluding hydrogens is 682 g/mol. The molecule has 1 aromatic carbocycles. The van der Waals surface area contributed by atoms with E-state index in [1.807, 2.05) is 13.8 Å². The topological polar surface area (TPSA) is 103 Å². The van der Waals surface area contributed by atoms with Gasteiger partial charge in [0.15, 0.2) is 13.2 Å². The summed E-state index contributed by atoms with van der Waals surface area (Å²) in [5.41, 5.74) is -1.21. The number of carbonyl (C=O) groups excluding carboxylic acids is 3. The summed E-state index contributed by atoms with van der Waals surface area (Å²) in [6.07, 6.45) is -5.21. The lowest BCUT2D eigenvalue weighted by Crippen LogP contribution is -2.60. The van der Waals surface area contributed by atoms with Crippen LogP contribution in [0.25, 0.3) is 0 Å². The van der Waals surface area contributed by atoms with Crippen LogP contribution in [0, 0.1) is 0 Å². The minimum Gasteiger partial charge on any atom is -0.484 e. The summed E-state index contributed by atoms with van der Waals surface area (Å²) in [7, 11) is 0. The number of hydrogen-bond donors (Lipinski definition) is 1. The number of likely N-dealkylation sites (tertiary alicyclic amines) is 1. The minimum absolute atomic E-state index is 0.0369. The van der Waals surface area contributed by atoms with E-state index in [4.69, 9.17) is 9.47 Å². The Labute approximate surface area is 267 Å². The molecule has 0 saturated carbocycles. The molecule has 1 unspecified atom stereocenters. The molecule has 0 bridgehead atoms. The van der Waals surface area contributed by atoms with E-state index < -0.39 is 54.4 Å². The molecule has 258 valence electrons. The second-order valence-electron chi connectivity index (χ2n) is 10.0. The molecule has 0 aliphatic carbocycles. The molecule has 16 heteroatoms. The highest BCUT2D eigenvalue weighted by Crippen LogP contribution is 2.34. The zero-order chi connectivity index (χ0) is 34.1. The van der Waals surface area contributed by atoms with E-state index >= 15 is 0 Å². The van der Waals surface area contributed by atoms with Gasteiger partial charge in [0.2, 0.25) is 0 Å². The quantitative estimate of drug-likeness (QED) is 0.123. The molecule has 2 amide bonds. The van der Waals surface area contributed by atoms with Crippen LogP contribution >= 0.6 is 15.9 Å². The van der Waals surface area contributed by atoms with Crippen molar-refractivity contribution in [2.24, 2.45) is 0 Å². The molecule has 1 atom stereocenters. The first-order valence-electron chi connectivity index (χ1n) is 14.6. The summed E-state index contributed by atoms with van der Waals surface area (Å²) in [4.78, 5) is 37.8. The number of alkyl halides is 7. The van der Waals surface area contributed by atoms with Crippen molar-refractivity contribution in [3.63, 3.8) is 0 Å². The molecule has 1 aliphatic heterocycles. The van der Waals surface area contributed by atoms with Crippen LogP contribution in [0.1, 0.15) is 76.1 Å². The van der Waals surface area contributed by atoms with Gasteiger partial charge in [0.05, 0.1) is 24.3 Å². The van der Waals surface area contributed by atoms with Crippen LogP contribution < -0.4 is 14.8 Å². The van der Waals surface area contributed by atoms with Gasteiger partial charge in [0, 0.05) is 24.8 Å². The Bertz CT molecular complexity index is 1070. The zero-order valence-electron chi connectivity index (χ0n) is 25.6. The highest BCUT2D eigenvalue weighted by Gasteiger charge is 2.42. The van der Waals surface area contributed by atoms with Crippen LogP contribution in [0.5, 0.6) is 11.5 Å². The second kappa shape index (κ2) is 19.6. The van der Waals surface area contributed by atoms with Crippen molar-refractivity contribution in [3.05, 3.63) is 23.8 Å². The highest BCUT2D eigenvalue weighted by molar-refractivity contribution is 9.09. The van der Waals surface area contributed by atoms with Crippen molar-refractivity contribution in [3.8, 4) is 11.5 Å². The summed E-state index contributed by atoms with van der Waals surface area (Å²) < 4.78 is 94.9. The van der Waals surface area contributed by atoms with E-state index in [2.05, 4.69) is 30.7 Å². The van der Waals surface area contributed by atoms with Gasteiger partial charge in [-0.1, -0.05) is 29.3 Å². The maximum Gasteiger partial charge on any atom is 0.422 e. The number of amides is 2. The Morgan fingerprint density at radius 2 is 1.60 bits per heavy atom. The van der Waals surface area contributed by atoms with Gasteiger partial charge in [-0.3, -0.25) is 9.59 Å². The highest BCUT2D eigenvalue weighted by atomic mass is 79.9. The maximum atomic E-state index is 13.0. The van der Waals surface area contributed by atoms with E-state index in [9.17, 15) is 40.7 Å². The summed E-state index contributed by atoms with van der Waals surface area (Å²) >= 11 is 3.22. The molecule has 0 spiro atoms. The number of piperidine rings is 1. The van der Waals surface area contributed by atoms with E-state index in [-0.39, 0.29) is 24.9 Å². The lowest BCUT2D eigenvalue weighted by Gasteiger charge is -2.46. The number of nitrogens with one attached hydrogen (secondary N) is 1. The number of nitrogens with zero attached hydrogens (tertiary/aromatic N) is 1. The standard InChI is InChI=1S/C23H30F6N2O5.C6H11BrO2/c1-3-9-21(10-5-6-11-31(21)20(33)34-4-2)13-30-19(32)17-12-16(35-14-22(24,25)26)7-8-18(17)36-15-23(27,28)29;1-2-9-6(8)4-3-5-7/h7-8,12H,3-6,9-11,13-15H2,1-2H3,(H,30,32);2-5H2,1H3. The van der Waals surface area contributed by atoms with Crippen LogP contribution in [0.15, 0.2) is 18.2 Å². The maximum absolute atomic E-state index is 13.0. The Hall–Kier alpha value is -2.91. The number of ether oxygens (including phenoxy) is 4. The lowest BCUT2D eigenvalue weighted by atomic mass is 9.82. The Kier molecular flexibility index (Phi) is 17.4. The molecular formula is C29H41BrF6N2O7. The number of carbonyl (C=O) groups is 3. The molecule has 1 heterocycles. The van der Waals surface area contributed by atoms with Crippen LogP contribution in [0.2, 0.25) is 0 Å². The molecule has 1 aliphatic rings. The summed E-state index contributed by atoms with van der Waals surface area (Å²) in [6.45, 7) is 3.06. The van der Waals surface area contributed by atoms with Crippen molar-refractivity contribution >= 4 is 33.9 Å². The largest absolute Gasteiger partial charge is 0.484 e. The van der Waals surface area contributed by atoms with Gasteiger partial charge >= 0.3 is 24.4 Å². The van der Waals surface area contributed by atoms with Crippen molar-refractivity contribution < 1.29 is 59.7 Å². The number of hydrogen-bond acceptors (Lipinski definition) is 7. The molecule has 1 fully saturated rings. The number of benzene rings is 1. The molecule has 1 N–H and O–H groups in total. The summed E-state index contributed by atoms with van der Waals surface area (Å²) in [6, 6.07) is 2.82. The molecule has 9 nitrogen and oxygen atoms in total. The third kappa shape index (κ3) is 15.3. The second-order valence-corrected chi connectivity index (χ2v) is 10.8. The molecule has 2 rings (SSSR count). The van der Waals surface area contributed by atoms with Crippen molar-refractivity contribution in [1.29, 1.82) is 0 Å². The predicted molar refractivity (Wildman–Crippen MR) is 157 cm³/mol. The third-order valence-corrected chi connectivity index (χ3v) is 7.00. The van der Waals surface area contributed by atoms with E-state index in [1.165, 1.54) is 0 Å². The van der Waals surface area contributed by atoms with Crippen molar-refractivity contribution in [1.82, 2.24) is 10.2 Å². The van der Waals surface area contributed by atoms with Gasteiger partial charge in [-0.25, -0.2) is 4.79 Å². The monoisotopic (exact) mass is 722 g/mol. The molecule has 45 heavy (non-hydrogen) atoms. The van der Waals surface area contributed by atoms with Crippen molar-refractivity contribution in [2.45, 2.75) is 83.6 Å². The van der Waals surface area contributed by atoms with Gasteiger partial charge in [0.1, 0.15) is 11.5 Å². The fourth-order valence-corrected chi connectivity index (χ4v) is 4.87. The minimum atomic E-state index is -4.70.